The molecule has 16 N–H and O–H groups in total. The number of urea groups is 2. The normalized spacial score (nSPS) is 19.4. The predicted octanol–water partition coefficient (Wildman–Crippen LogP) is 5.35. The van der Waals surface area contributed by atoms with Gasteiger partial charge in [0, 0.05) is 54.2 Å². The van der Waals surface area contributed by atoms with Gasteiger partial charge in [-0.1, -0.05) is 120 Å². The Hall–Kier alpha value is -9.15. The van der Waals surface area contributed by atoms with Crippen LogP contribution in [0.4, 0.5) is 32.6 Å². The van der Waals surface area contributed by atoms with E-state index in [9.17, 15) is 45.0 Å². The van der Waals surface area contributed by atoms with E-state index in [1.54, 1.807) is 53.1 Å². The number of carbonyl (C=O) groups excluding carboxylic acids is 3. The summed E-state index contributed by atoms with van der Waals surface area (Å²) in [6.45, 7) is 15.7. The molecule has 5 amide bonds. The number of nitrogen functional groups attached to an aromatic ring is 1. The van der Waals surface area contributed by atoms with Gasteiger partial charge >= 0.3 is 30.9 Å². The van der Waals surface area contributed by atoms with Gasteiger partial charge in [0.15, 0.2) is 40.9 Å². The summed E-state index contributed by atoms with van der Waals surface area (Å²) in [7, 11) is 0. The van der Waals surface area contributed by atoms with Crippen LogP contribution in [0.25, 0.3) is 22.3 Å². The van der Waals surface area contributed by atoms with Gasteiger partial charge in [-0.2, -0.15) is 0 Å². The molecule has 0 bridgehead atoms. The Morgan fingerprint density at radius 1 is 0.529 bits per heavy atom. The van der Waals surface area contributed by atoms with E-state index in [-0.39, 0.29) is 88.1 Å². The number of aromatic hydroxyl groups is 2. The smallest absolute Gasteiger partial charge is 0.870 e. The summed E-state index contributed by atoms with van der Waals surface area (Å²) in [6, 6.07) is 38.0. The Morgan fingerprint density at radius 3 is 1.40 bits per heavy atom. The Balaban J connectivity index is 0.000000257. The molecular weight excluding hydrogens is 1300 g/mol. The minimum Gasteiger partial charge on any atom is -0.870 e. The molecule has 2 aliphatic heterocycles. The van der Waals surface area contributed by atoms with Gasteiger partial charge in [-0.05, 0) is 134 Å². The average molecular weight is 1390 g/mol. The summed E-state index contributed by atoms with van der Waals surface area (Å²) >= 11 is 0. The first-order chi connectivity index (χ1) is 48.0. The third kappa shape index (κ3) is 20.6. The Labute approximate surface area is 604 Å². The topological polar surface area (TPSA) is 418 Å². The van der Waals surface area contributed by atoms with Crippen LogP contribution in [0.1, 0.15) is 125 Å². The van der Waals surface area contributed by atoms with Crippen LogP contribution in [-0.4, -0.2) is 156 Å². The van der Waals surface area contributed by atoms with Gasteiger partial charge in [0.1, 0.15) is 54.1 Å². The third-order valence-corrected chi connectivity index (χ3v) is 18.0. The number of anilines is 4. The number of para-hydroxylation sites is 2. The third-order valence-electron chi connectivity index (χ3n) is 18.0. The van der Waals surface area contributed by atoms with Crippen molar-refractivity contribution in [2.45, 2.75) is 153 Å². The summed E-state index contributed by atoms with van der Waals surface area (Å²) in [5.41, 5.74) is 13.2. The average Bonchev–Trinajstić information content (AvgIpc) is 1.62. The van der Waals surface area contributed by atoms with Crippen LogP contribution in [-0.2, 0) is 33.4 Å². The zero-order chi connectivity index (χ0) is 71.1. The van der Waals surface area contributed by atoms with E-state index in [1.165, 1.54) is 41.0 Å². The Bertz CT molecular complexity index is 4160. The molecule has 0 aliphatic carbocycles. The second-order valence-corrected chi connectivity index (χ2v) is 27.5. The van der Waals surface area contributed by atoms with Gasteiger partial charge < -0.3 is 88.5 Å². The molecule has 2 fully saturated rings. The van der Waals surface area contributed by atoms with E-state index in [0.717, 1.165) is 16.8 Å². The van der Waals surface area contributed by atoms with E-state index >= 15 is 0 Å². The number of amides is 5. The number of rotatable bonds is 26. The molecule has 4 aromatic heterocycles. The zero-order valence-corrected chi connectivity index (χ0v) is 58.5. The van der Waals surface area contributed by atoms with Gasteiger partial charge in [0.25, 0.3) is 5.91 Å². The minimum atomic E-state index is -1.29. The monoisotopic (exact) mass is 1390 g/mol. The number of fused-ring (bicyclic) bond motifs is 2. The van der Waals surface area contributed by atoms with Crippen molar-refractivity contribution in [2.24, 2.45) is 11.8 Å². The van der Waals surface area contributed by atoms with Crippen LogP contribution in [0.3, 0.4) is 0 Å². The number of benzene rings is 5. The standard InChI is InChI=1S/C40H48N8O6.C33H44N8O5.Li.H2O/c1-40(2,3)28-15-17-29(18-16-28)46-39(53)42-19-9-10-25(21-41-22-27-13-7-8-14-30(27)49)20-31-33(50)34(51)38(54-31)48-24-45-32-35(43-23-44-36(32)48)47-37(52)26-11-5-4-6-12-26;1-33(2,3)22-10-12-23(13-11-22)40-32(45)36-14-6-7-20(16-35-17-21-8-4-5-9-24(21)42)15-25-27(43)28(44)31(46-25)41-19-39-26-29(34)37-18-38-30(26)41;;/h4-8,11-18,23-25,31,33-34,38,41,49-51H,9-10,19-22H2,1-3H3,(H2,42,46,53)(H,43,44,47,52);4-5,8-13,18-20,25,27-28,31,35,42-44H,6-7,14-17H2,1-3H3,(H2,34,37,38)(H2,36,40,45);;1H2/q;;+1;/p-1/t25-,31+,33?,34-,38+;20-,25+,27?,28-,31+;;/m00../s1. The number of hydrogen-bond acceptors (Lipinski definition) is 21. The Kier molecular flexibility index (Phi) is 27.8. The van der Waals surface area contributed by atoms with E-state index in [2.05, 4.69) is 109 Å². The van der Waals surface area contributed by atoms with Crippen LogP contribution in [0.15, 0.2) is 153 Å². The number of imidazole rings is 2. The number of hydrogen-bond donors (Lipinski definition) is 14. The number of carbonyl (C=O) groups is 3. The molecule has 11 rings (SSSR count). The summed E-state index contributed by atoms with van der Waals surface area (Å²) in [6.07, 6.45) is 0.917. The predicted molar refractivity (Wildman–Crippen MR) is 382 cm³/mol. The zero-order valence-electron chi connectivity index (χ0n) is 58.5. The van der Waals surface area contributed by atoms with Gasteiger partial charge in [-0.15, -0.1) is 0 Å². The van der Waals surface area contributed by atoms with Crippen LogP contribution >= 0.6 is 0 Å². The van der Waals surface area contributed by atoms with Crippen molar-refractivity contribution < 1.29 is 78.8 Å². The number of aliphatic hydroxyl groups is 4. The molecule has 2 aliphatic rings. The van der Waals surface area contributed by atoms with E-state index in [0.29, 0.717) is 111 Å². The maximum absolute atomic E-state index is 12.8. The molecular formula is C73H93LiN16O12. The molecule has 5 aromatic carbocycles. The van der Waals surface area contributed by atoms with Crippen molar-refractivity contribution in [3.05, 3.63) is 181 Å². The molecule has 0 saturated carbocycles. The number of nitrogens with one attached hydrogen (secondary N) is 7. The van der Waals surface area contributed by atoms with Gasteiger partial charge in [0.05, 0.1) is 24.9 Å². The summed E-state index contributed by atoms with van der Waals surface area (Å²) in [5.74, 6) is 0.457. The Morgan fingerprint density at radius 2 is 0.951 bits per heavy atom. The number of phenols is 2. The maximum Gasteiger partial charge on any atom is 1.00 e. The quantitative estimate of drug-likeness (QED) is 0.0240. The molecule has 102 heavy (non-hydrogen) atoms. The van der Waals surface area contributed by atoms with E-state index in [1.807, 2.05) is 78.9 Å². The molecule has 2 saturated heterocycles. The van der Waals surface area contributed by atoms with E-state index < -0.39 is 49.1 Å². The largest absolute Gasteiger partial charge is 1.00 e. The van der Waals surface area contributed by atoms with Crippen molar-refractivity contribution in [3.63, 3.8) is 0 Å². The number of aliphatic hydroxyl groups excluding tert-OH is 4. The summed E-state index contributed by atoms with van der Waals surface area (Å²) in [5, 5.41) is 86.0. The summed E-state index contributed by atoms with van der Waals surface area (Å²) < 4.78 is 15.6. The first-order valence-electron chi connectivity index (χ1n) is 33.7. The van der Waals surface area contributed by atoms with Gasteiger partial charge in [0.2, 0.25) is 0 Å². The molecule has 28 nitrogen and oxygen atoms in total. The number of nitrogens with two attached hydrogens (primary N) is 1. The molecule has 6 heterocycles. The van der Waals surface area contributed by atoms with Crippen LogP contribution in [0.2, 0.25) is 0 Å². The minimum absolute atomic E-state index is 0. The van der Waals surface area contributed by atoms with Crippen LogP contribution in [0.5, 0.6) is 11.5 Å². The molecule has 9 aromatic rings. The first kappa shape index (κ1) is 78.6. The SMILES string of the molecule is CC(C)(C)c1ccc(NC(=O)NCCC[C@H](CNCc2ccccc2O)C[C@H]2O[C@@H](n3cnc4c(N)ncnc43)[C@@H](O)C2O)cc1.CC(C)(C)c1ccc(NC(=O)NCCC[C@H](CNCc2ccccc2O)C[C@H]2O[C@@H](n3cnc4c(NC(=O)c5ccccc5)ncnc43)[C@@H](O)C2O)cc1.[Li+].[OH-]. The second kappa shape index (κ2) is 36.1. The number of ether oxygens (including phenoxy) is 2. The first-order valence-corrected chi connectivity index (χ1v) is 33.7. The fourth-order valence-corrected chi connectivity index (χ4v) is 12.3. The molecule has 0 radical (unpaired) electrons. The van der Waals surface area contributed by atoms with Crippen LogP contribution < -0.4 is 61.8 Å². The fraction of sp³-hybridized carbons (Fsp3) is 0.411. The molecule has 2 unspecified atom stereocenters. The molecule has 0 spiro atoms. The van der Waals surface area contributed by atoms with Crippen molar-refractivity contribution in [1.82, 2.24) is 60.3 Å². The molecule has 10 atom stereocenters. The van der Waals surface area contributed by atoms with Crippen molar-refractivity contribution in [1.29, 1.82) is 0 Å². The van der Waals surface area contributed by atoms with E-state index in [4.69, 9.17) is 15.2 Å². The van der Waals surface area contributed by atoms with Crippen molar-refractivity contribution in [3.8, 4) is 11.5 Å². The van der Waals surface area contributed by atoms with Gasteiger partial charge in [-0.25, -0.2) is 39.5 Å². The van der Waals surface area contributed by atoms with Crippen molar-refractivity contribution in [2.75, 3.05) is 47.9 Å². The van der Waals surface area contributed by atoms with Crippen LogP contribution in [0, 0.1) is 11.8 Å². The summed E-state index contributed by atoms with van der Waals surface area (Å²) in [4.78, 5) is 63.5. The molecule has 538 valence electrons. The number of phenolic OH excluding ortho intramolecular Hbond substituents is 2. The van der Waals surface area contributed by atoms with Gasteiger partial charge in [-0.3, -0.25) is 13.9 Å². The maximum atomic E-state index is 12.8. The molecule has 29 heteroatoms. The van der Waals surface area contributed by atoms with Crippen molar-refractivity contribution >= 4 is 63.3 Å². The number of nitrogens with zero attached hydrogens (tertiary/aromatic N) is 8. The second-order valence-electron chi connectivity index (χ2n) is 27.5. The number of aromatic nitrogens is 8. The fourth-order valence-electron chi connectivity index (χ4n) is 12.3.